The number of rotatable bonds is 10. The lowest BCUT2D eigenvalue weighted by atomic mass is 9.97. The molecule has 0 N–H and O–H groups in total. The van der Waals surface area contributed by atoms with Crippen LogP contribution in [0.1, 0.15) is 50.7 Å². The molecule has 1 atom stereocenters. The van der Waals surface area contributed by atoms with Gasteiger partial charge in [0, 0.05) is 16.2 Å². The molecule has 1 unspecified atom stereocenters. The molecule has 0 fully saturated rings. The van der Waals surface area contributed by atoms with Crippen molar-refractivity contribution in [3.63, 3.8) is 0 Å². The lowest BCUT2D eigenvalue weighted by molar-refractivity contribution is 0.232. The summed E-state index contributed by atoms with van der Waals surface area (Å²) in [5.41, 5.74) is 5.01. The number of alkyl halides is 2. The van der Waals surface area contributed by atoms with E-state index in [1.54, 1.807) is 0 Å². The smallest absolute Gasteiger partial charge is 0.123 e. The van der Waals surface area contributed by atoms with Gasteiger partial charge in [-0.15, -0.1) is 0 Å². The molecule has 2 aromatic carbocycles. The molecule has 1 nitrogen and oxygen atoms in total. The number of halogens is 2. The predicted molar refractivity (Wildman–Crippen MR) is 116 cm³/mol. The zero-order valence-corrected chi connectivity index (χ0v) is 18.4. The van der Waals surface area contributed by atoms with Gasteiger partial charge in [0.15, 0.2) is 0 Å². The number of benzene rings is 2. The molecule has 0 spiro atoms. The van der Waals surface area contributed by atoms with Crippen LogP contribution in [0.4, 0.5) is 0 Å². The molecular weight excluding hydrogens is 440 g/mol. The molecule has 2 rings (SSSR count). The highest BCUT2D eigenvalue weighted by atomic mass is 79.9. The van der Waals surface area contributed by atoms with Gasteiger partial charge in [-0.1, -0.05) is 95.3 Å². The quantitative estimate of drug-likeness (QED) is 0.324. The summed E-state index contributed by atoms with van der Waals surface area (Å²) in [5.74, 6) is 1.66. The van der Waals surface area contributed by atoms with E-state index in [1.165, 1.54) is 47.9 Å². The first kappa shape index (κ1) is 20.5. The van der Waals surface area contributed by atoms with Crippen LogP contribution in [-0.2, 0) is 10.7 Å². The van der Waals surface area contributed by atoms with Crippen LogP contribution in [0, 0.1) is 5.92 Å². The molecule has 0 aliphatic heterocycles. The molecule has 0 aliphatic rings. The normalized spacial score (nSPS) is 12.2. The van der Waals surface area contributed by atoms with Crippen LogP contribution in [0.2, 0.25) is 0 Å². The second kappa shape index (κ2) is 11.0. The van der Waals surface area contributed by atoms with E-state index in [2.05, 4.69) is 88.2 Å². The van der Waals surface area contributed by atoms with Crippen LogP contribution < -0.4 is 4.74 Å². The zero-order chi connectivity index (χ0) is 18.1. The van der Waals surface area contributed by atoms with Crippen molar-refractivity contribution in [1.82, 2.24) is 0 Å². The Labute approximate surface area is 169 Å². The summed E-state index contributed by atoms with van der Waals surface area (Å²) in [6, 6.07) is 15.0. The first-order valence-corrected chi connectivity index (χ1v) is 11.4. The van der Waals surface area contributed by atoms with Gasteiger partial charge in [0.05, 0.1) is 6.61 Å². The van der Waals surface area contributed by atoms with Crippen molar-refractivity contribution >= 4 is 31.9 Å². The maximum Gasteiger partial charge on any atom is 0.123 e. The number of unbranched alkanes of at least 4 members (excludes halogenated alkanes) is 1. The molecule has 0 bridgehead atoms. The minimum absolute atomic E-state index is 0.643. The lowest BCUT2D eigenvalue weighted by Crippen LogP contribution is -2.12. The highest BCUT2D eigenvalue weighted by Gasteiger charge is 2.13. The van der Waals surface area contributed by atoms with Crippen molar-refractivity contribution in [3.8, 4) is 16.9 Å². The molecule has 0 heterocycles. The van der Waals surface area contributed by atoms with Gasteiger partial charge in [-0.05, 0) is 41.2 Å². The molecule has 0 saturated carbocycles. The monoisotopic (exact) mass is 466 g/mol. The van der Waals surface area contributed by atoms with E-state index in [0.717, 1.165) is 23.0 Å². The fourth-order valence-corrected chi connectivity index (χ4v) is 3.91. The molecule has 25 heavy (non-hydrogen) atoms. The minimum atomic E-state index is 0.643. The second-order valence-electron chi connectivity index (χ2n) is 6.48. The van der Waals surface area contributed by atoms with Gasteiger partial charge in [0.2, 0.25) is 0 Å². The number of ether oxygens (including phenoxy) is 1. The fourth-order valence-electron chi connectivity index (χ4n) is 3.01. The minimum Gasteiger partial charge on any atom is -0.493 e. The molecule has 0 radical (unpaired) electrons. The van der Waals surface area contributed by atoms with Gasteiger partial charge in [0.25, 0.3) is 0 Å². The Morgan fingerprint density at radius 1 is 0.960 bits per heavy atom. The van der Waals surface area contributed by atoms with E-state index >= 15 is 0 Å². The maximum absolute atomic E-state index is 6.26. The Kier molecular flexibility index (Phi) is 9.05. The summed E-state index contributed by atoms with van der Waals surface area (Å²) in [6.07, 6.45) is 4.97. The fraction of sp³-hybridized carbons (Fsp3) is 0.455. The van der Waals surface area contributed by atoms with Crippen molar-refractivity contribution in [2.45, 2.75) is 50.2 Å². The molecule has 136 valence electrons. The summed E-state index contributed by atoms with van der Waals surface area (Å²) in [5, 5.41) is 1.62. The van der Waals surface area contributed by atoms with Crippen molar-refractivity contribution in [2.75, 3.05) is 6.61 Å². The lowest BCUT2D eigenvalue weighted by Gasteiger charge is -2.19. The summed E-state index contributed by atoms with van der Waals surface area (Å²) < 4.78 is 6.26. The van der Waals surface area contributed by atoms with E-state index in [0.29, 0.717) is 5.92 Å². The molecule has 0 aliphatic carbocycles. The van der Waals surface area contributed by atoms with Crippen LogP contribution >= 0.6 is 31.9 Å². The van der Waals surface area contributed by atoms with Crippen molar-refractivity contribution in [3.05, 3.63) is 53.6 Å². The Bertz CT molecular complexity index is 640. The largest absolute Gasteiger partial charge is 0.493 e. The topological polar surface area (TPSA) is 9.23 Å². The number of hydrogen-bond acceptors (Lipinski definition) is 1. The average molecular weight is 468 g/mol. The van der Waals surface area contributed by atoms with Gasteiger partial charge in [0.1, 0.15) is 5.75 Å². The van der Waals surface area contributed by atoms with Crippen molar-refractivity contribution in [2.24, 2.45) is 5.92 Å². The Morgan fingerprint density at radius 2 is 1.68 bits per heavy atom. The summed E-state index contributed by atoms with van der Waals surface area (Å²) >= 11 is 7.28. The predicted octanol–water partition coefficient (Wildman–Crippen LogP) is 7.74. The van der Waals surface area contributed by atoms with Crippen LogP contribution in [0.3, 0.4) is 0 Å². The molecule has 0 amide bonds. The van der Waals surface area contributed by atoms with Crippen molar-refractivity contribution < 1.29 is 4.74 Å². The average Bonchev–Trinajstić information content (AvgIpc) is 2.68. The standard InChI is InChI=1S/C22H28Br2O/c1-3-5-9-17(4-2)16-25-22-13-19(14-23)21(12-20(22)15-24)18-10-7-6-8-11-18/h6-8,10-13,17H,3-5,9,14-16H2,1-2H3. The van der Waals surface area contributed by atoms with Gasteiger partial charge < -0.3 is 4.74 Å². The summed E-state index contributed by atoms with van der Waals surface area (Å²) in [4.78, 5) is 0. The Balaban J connectivity index is 2.24. The molecular formula is C22H28Br2O. The maximum atomic E-state index is 6.26. The molecule has 3 heteroatoms. The highest BCUT2D eigenvalue weighted by Crippen LogP contribution is 2.34. The van der Waals surface area contributed by atoms with Crippen LogP contribution in [-0.4, -0.2) is 6.61 Å². The van der Waals surface area contributed by atoms with Crippen molar-refractivity contribution in [1.29, 1.82) is 0 Å². The van der Waals surface area contributed by atoms with Gasteiger partial charge in [-0.3, -0.25) is 0 Å². The van der Waals surface area contributed by atoms with Crippen LogP contribution in [0.25, 0.3) is 11.1 Å². The number of hydrogen-bond donors (Lipinski definition) is 0. The first-order chi connectivity index (χ1) is 12.2. The molecule has 0 aromatic heterocycles. The summed E-state index contributed by atoms with van der Waals surface area (Å²) in [6.45, 7) is 5.32. The molecule has 0 saturated heterocycles. The third-order valence-electron chi connectivity index (χ3n) is 4.68. The van der Waals surface area contributed by atoms with Crippen LogP contribution in [0.5, 0.6) is 5.75 Å². The van der Waals surface area contributed by atoms with E-state index in [9.17, 15) is 0 Å². The third kappa shape index (κ3) is 5.86. The molecule has 2 aromatic rings. The van der Waals surface area contributed by atoms with Gasteiger partial charge in [-0.25, -0.2) is 0 Å². The third-order valence-corrected chi connectivity index (χ3v) is 5.89. The Morgan fingerprint density at radius 3 is 2.28 bits per heavy atom. The summed E-state index contributed by atoms with van der Waals surface area (Å²) in [7, 11) is 0. The first-order valence-electron chi connectivity index (χ1n) is 9.19. The van der Waals surface area contributed by atoms with Crippen LogP contribution in [0.15, 0.2) is 42.5 Å². The second-order valence-corrected chi connectivity index (χ2v) is 7.60. The zero-order valence-electron chi connectivity index (χ0n) is 15.2. The van der Waals surface area contributed by atoms with Gasteiger partial charge >= 0.3 is 0 Å². The SMILES string of the molecule is CCCCC(CC)COc1cc(CBr)c(-c2ccccc2)cc1CBr. The highest BCUT2D eigenvalue weighted by molar-refractivity contribution is 9.08. The van der Waals surface area contributed by atoms with E-state index in [1.807, 2.05) is 0 Å². The van der Waals surface area contributed by atoms with E-state index in [4.69, 9.17) is 4.74 Å². The van der Waals surface area contributed by atoms with E-state index < -0.39 is 0 Å². The Hall–Kier alpha value is -0.800. The van der Waals surface area contributed by atoms with Gasteiger partial charge in [-0.2, -0.15) is 0 Å². The van der Waals surface area contributed by atoms with E-state index in [-0.39, 0.29) is 0 Å².